The molecule has 74 valence electrons. The lowest BCUT2D eigenvalue weighted by molar-refractivity contribution is -0.137. The van der Waals surface area contributed by atoms with Gasteiger partial charge in [-0.25, -0.2) is 0 Å². The zero-order chi connectivity index (χ0) is 9.19. The van der Waals surface area contributed by atoms with Gasteiger partial charge in [0.25, 0.3) is 0 Å². The van der Waals surface area contributed by atoms with Gasteiger partial charge in [-0.3, -0.25) is 0 Å². The van der Waals surface area contributed by atoms with Gasteiger partial charge in [-0.05, 0) is 17.7 Å². The van der Waals surface area contributed by atoms with E-state index >= 15 is 0 Å². The summed E-state index contributed by atoms with van der Waals surface area (Å²) >= 11 is 0. The largest absolute Gasteiger partial charge is 0.416 e. The SMILES string of the molecule is Cl.NCc1ccc(C(F)(F)F)cc1. The van der Waals surface area contributed by atoms with Crippen LogP contribution in [0, 0.1) is 0 Å². The lowest BCUT2D eigenvalue weighted by Gasteiger charge is -2.06. The molecule has 0 saturated heterocycles. The molecule has 1 aromatic carbocycles. The fraction of sp³-hybridized carbons (Fsp3) is 0.250. The average Bonchev–Trinajstić information content (AvgIpc) is 2.03. The summed E-state index contributed by atoms with van der Waals surface area (Å²) in [5.74, 6) is 0. The molecule has 0 aliphatic heterocycles. The first-order valence-electron chi connectivity index (χ1n) is 3.40. The summed E-state index contributed by atoms with van der Waals surface area (Å²) in [6, 6.07) is 4.82. The van der Waals surface area contributed by atoms with Crippen LogP contribution in [0.5, 0.6) is 0 Å². The lowest BCUT2D eigenvalue weighted by atomic mass is 10.1. The van der Waals surface area contributed by atoms with Gasteiger partial charge in [-0.2, -0.15) is 13.2 Å². The van der Waals surface area contributed by atoms with Gasteiger partial charge in [-0.1, -0.05) is 12.1 Å². The first kappa shape index (κ1) is 12.3. The van der Waals surface area contributed by atoms with Crippen molar-refractivity contribution in [1.82, 2.24) is 0 Å². The third-order valence-corrected chi connectivity index (χ3v) is 1.52. The summed E-state index contributed by atoms with van der Waals surface area (Å²) in [7, 11) is 0. The fourth-order valence-corrected chi connectivity index (χ4v) is 0.830. The Balaban J connectivity index is 0.00000144. The van der Waals surface area contributed by atoms with E-state index < -0.39 is 11.7 Å². The van der Waals surface area contributed by atoms with Gasteiger partial charge in [0.05, 0.1) is 5.56 Å². The maximum absolute atomic E-state index is 12.0. The van der Waals surface area contributed by atoms with Crippen LogP contribution >= 0.6 is 12.4 Å². The molecule has 0 unspecified atom stereocenters. The highest BCUT2D eigenvalue weighted by molar-refractivity contribution is 5.85. The Labute approximate surface area is 80.2 Å². The molecule has 0 aliphatic carbocycles. The van der Waals surface area contributed by atoms with E-state index in [0.717, 1.165) is 12.1 Å². The topological polar surface area (TPSA) is 26.0 Å². The standard InChI is InChI=1S/C8H8F3N.ClH/c9-8(10,11)7-3-1-6(5-12)2-4-7;/h1-4H,5,12H2;1H. The highest BCUT2D eigenvalue weighted by Crippen LogP contribution is 2.28. The van der Waals surface area contributed by atoms with Crippen molar-refractivity contribution in [3.63, 3.8) is 0 Å². The van der Waals surface area contributed by atoms with Crippen molar-refractivity contribution in [1.29, 1.82) is 0 Å². The van der Waals surface area contributed by atoms with Crippen LogP contribution in [-0.2, 0) is 12.7 Å². The van der Waals surface area contributed by atoms with Crippen LogP contribution in [0.3, 0.4) is 0 Å². The Bertz CT molecular complexity index is 255. The minimum Gasteiger partial charge on any atom is -0.326 e. The molecular formula is C8H9ClF3N. The van der Waals surface area contributed by atoms with Crippen molar-refractivity contribution in [2.45, 2.75) is 12.7 Å². The van der Waals surface area contributed by atoms with Crippen LogP contribution in [0.25, 0.3) is 0 Å². The van der Waals surface area contributed by atoms with E-state index in [1.165, 1.54) is 12.1 Å². The molecule has 0 fully saturated rings. The Kier molecular flexibility index (Phi) is 4.23. The van der Waals surface area contributed by atoms with Crippen molar-refractivity contribution in [2.24, 2.45) is 5.73 Å². The fourth-order valence-electron chi connectivity index (χ4n) is 0.830. The second-order valence-electron chi connectivity index (χ2n) is 2.40. The van der Waals surface area contributed by atoms with Crippen LogP contribution in [0.2, 0.25) is 0 Å². The van der Waals surface area contributed by atoms with Crippen LogP contribution in [0.15, 0.2) is 24.3 Å². The zero-order valence-corrected chi connectivity index (χ0v) is 7.45. The highest BCUT2D eigenvalue weighted by atomic mass is 35.5. The van der Waals surface area contributed by atoms with Crippen molar-refractivity contribution >= 4 is 12.4 Å². The third kappa shape index (κ3) is 3.24. The maximum Gasteiger partial charge on any atom is 0.416 e. The zero-order valence-electron chi connectivity index (χ0n) is 6.64. The molecule has 1 rings (SSSR count). The molecule has 5 heteroatoms. The maximum atomic E-state index is 12.0. The molecule has 13 heavy (non-hydrogen) atoms. The summed E-state index contributed by atoms with van der Waals surface area (Å²) in [4.78, 5) is 0. The number of halogens is 4. The van der Waals surface area contributed by atoms with Gasteiger partial charge in [-0.15, -0.1) is 12.4 Å². The number of hydrogen-bond acceptors (Lipinski definition) is 1. The van der Waals surface area contributed by atoms with E-state index in [2.05, 4.69) is 0 Å². The number of benzene rings is 1. The van der Waals surface area contributed by atoms with Gasteiger partial charge in [0.2, 0.25) is 0 Å². The molecule has 0 spiro atoms. The van der Waals surface area contributed by atoms with E-state index in [4.69, 9.17) is 5.73 Å². The second-order valence-corrected chi connectivity index (χ2v) is 2.40. The van der Waals surface area contributed by atoms with Crippen LogP contribution < -0.4 is 5.73 Å². The quantitative estimate of drug-likeness (QED) is 0.759. The molecule has 0 saturated carbocycles. The monoisotopic (exact) mass is 211 g/mol. The number of hydrogen-bond donors (Lipinski definition) is 1. The van der Waals surface area contributed by atoms with Crippen molar-refractivity contribution in [2.75, 3.05) is 0 Å². The average molecular weight is 212 g/mol. The van der Waals surface area contributed by atoms with Crippen LogP contribution in [-0.4, -0.2) is 0 Å². The molecule has 0 atom stereocenters. The summed E-state index contributed by atoms with van der Waals surface area (Å²) in [5.41, 5.74) is 5.29. The van der Waals surface area contributed by atoms with E-state index in [0.29, 0.717) is 5.56 Å². The van der Waals surface area contributed by atoms with Gasteiger partial charge >= 0.3 is 6.18 Å². The lowest BCUT2D eigenvalue weighted by Crippen LogP contribution is -2.05. The molecule has 1 nitrogen and oxygen atoms in total. The summed E-state index contributed by atoms with van der Waals surface area (Å²) in [6.45, 7) is 0.262. The third-order valence-electron chi connectivity index (χ3n) is 1.52. The summed E-state index contributed by atoms with van der Waals surface area (Å²) in [6.07, 6.45) is -4.26. The number of nitrogens with two attached hydrogens (primary N) is 1. The number of rotatable bonds is 1. The molecule has 0 radical (unpaired) electrons. The van der Waals surface area contributed by atoms with E-state index in [-0.39, 0.29) is 19.0 Å². The predicted molar refractivity (Wildman–Crippen MR) is 46.6 cm³/mol. The summed E-state index contributed by atoms with van der Waals surface area (Å²) in [5, 5.41) is 0. The van der Waals surface area contributed by atoms with E-state index in [1.807, 2.05) is 0 Å². The minimum absolute atomic E-state index is 0. The van der Waals surface area contributed by atoms with Gasteiger partial charge in [0.1, 0.15) is 0 Å². The molecule has 2 N–H and O–H groups in total. The first-order chi connectivity index (χ1) is 5.54. The Morgan fingerprint density at radius 2 is 1.54 bits per heavy atom. The van der Waals surface area contributed by atoms with Crippen molar-refractivity contribution < 1.29 is 13.2 Å². The predicted octanol–water partition coefficient (Wildman–Crippen LogP) is 2.59. The molecule has 0 amide bonds. The number of alkyl halides is 3. The van der Waals surface area contributed by atoms with Gasteiger partial charge in [0, 0.05) is 6.54 Å². The minimum atomic E-state index is -4.26. The van der Waals surface area contributed by atoms with Gasteiger partial charge < -0.3 is 5.73 Å². The molecule has 0 heterocycles. The van der Waals surface area contributed by atoms with Crippen molar-refractivity contribution in [3.8, 4) is 0 Å². The summed E-state index contributed by atoms with van der Waals surface area (Å²) < 4.78 is 36.0. The van der Waals surface area contributed by atoms with Crippen molar-refractivity contribution in [3.05, 3.63) is 35.4 Å². The smallest absolute Gasteiger partial charge is 0.326 e. The highest BCUT2D eigenvalue weighted by Gasteiger charge is 2.29. The Morgan fingerprint density at radius 3 is 1.85 bits per heavy atom. The first-order valence-corrected chi connectivity index (χ1v) is 3.40. The van der Waals surface area contributed by atoms with E-state index in [1.54, 1.807) is 0 Å². The molecule has 0 aromatic heterocycles. The van der Waals surface area contributed by atoms with Crippen LogP contribution in [0.4, 0.5) is 13.2 Å². The second kappa shape index (κ2) is 4.48. The molecule has 0 aliphatic rings. The Hall–Kier alpha value is -0.740. The molecule has 1 aromatic rings. The normalized spacial score (nSPS) is 10.8. The Morgan fingerprint density at radius 1 is 1.08 bits per heavy atom. The molecular weight excluding hydrogens is 203 g/mol. The van der Waals surface area contributed by atoms with E-state index in [9.17, 15) is 13.2 Å². The van der Waals surface area contributed by atoms with Crippen LogP contribution in [0.1, 0.15) is 11.1 Å². The molecule has 0 bridgehead atoms. The van der Waals surface area contributed by atoms with Gasteiger partial charge in [0.15, 0.2) is 0 Å².